The van der Waals surface area contributed by atoms with Gasteiger partial charge < -0.3 is 15.3 Å². The average molecular weight is 276 g/mol. The first-order valence-electron chi connectivity index (χ1n) is 7.34. The van der Waals surface area contributed by atoms with Crippen LogP contribution in [0.5, 0.6) is 0 Å². The lowest BCUT2D eigenvalue weighted by molar-refractivity contribution is 0.139. The van der Waals surface area contributed by atoms with E-state index in [-0.39, 0.29) is 12.1 Å². The van der Waals surface area contributed by atoms with E-state index in [2.05, 4.69) is 19.2 Å². The van der Waals surface area contributed by atoms with Crippen LogP contribution in [-0.2, 0) is 0 Å². The van der Waals surface area contributed by atoms with Gasteiger partial charge in [0.05, 0.1) is 6.10 Å². The predicted octanol–water partition coefficient (Wildman–Crippen LogP) is 3.39. The molecule has 2 N–H and O–H groups in total. The van der Waals surface area contributed by atoms with E-state index in [0.717, 1.165) is 24.2 Å². The van der Waals surface area contributed by atoms with Crippen LogP contribution >= 0.6 is 0 Å². The van der Waals surface area contributed by atoms with Crippen LogP contribution in [0.25, 0.3) is 0 Å². The van der Waals surface area contributed by atoms with E-state index in [9.17, 15) is 9.90 Å². The number of aliphatic hydroxyl groups excluding tert-OH is 1. The maximum Gasteiger partial charge on any atom is 0.322 e. The van der Waals surface area contributed by atoms with Gasteiger partial charge in [0.25, 0.3) is 0 Å². The Morgan fingerprint density at radius 1 is 1.35 bits per heavy atom. The lowest BCUT2D eigenvalue weighted by atomic mass is 9.92. The smallest absolute Gasteiger partial charge is 0.322 e. The number of benzene rings is 1. The van der Waals surface area contributed by atoms with Gasteiger partial charge >= 0.3 is 6.03 Å². The quantitative estimate of drug-likeness (QED) is 0.870. The Morgan fingerprint density at radius 2 is 2.00 bits per heavy atom. The van der Waals surface area contributed by atoms with E-state index in [1.54, 1.807) is 6.92 Å². The van der Waals surface area contributed by atoms with Crippen molar-refractivity contribution in [2.75, 3.05) is 11.9 Å². The molecule has 2 amide bonds. The van der Waals surface area contributed by atoms with Gasteiger partial charge in [0.2, 0.25) is 0 Å². The molecule has 1 saturated heterocycles. The molecular formula is C16H24N2O2. The van der Waals surface area contributed by atoms with Crippen molar-refractivity contribution in [2.24, 2.45) is 5.92 Å². The summed E-state index contributed by atoms with van der Waals surface area (Å²) in [6.45, 7) is 6.86. The number of aliphatic hydroxyl groups is 1. The van der Waals surface area contributed by atoms with Gasteiger partial charge in [0.15, 0.2) is 0 Å². The molecule has 1 aliphatic rings. The summed E-state index contributed by atoms with van der Waals surface area (Å²) in [6.07, 6.45) is 1.77. The predicted molar refractivity (Wildman–Crippen MR) is 80.7 cm³/mol. The second-order valence-corrected chi connectivity index (χ2v) is 5.78. The minimum absolute atomic E-state index is 0.0335. The van der Waals surface area contributed by atoms with Crippen LogP contribution in [0.15, 0.2) is 24.3 Å². The van der Waals surface area contributed by atoms with E-state index < -0.39 is 6.10 Å². The standard InChI is InChI=1S/C16H24N2O2/c1-11-5-4-10-18(12(11)2)16(20)17-15-8-6-14(7-9-15)13(3)19/h6-9,11-13,19H,4-5,10H2,1-3H3,(H,17,20). The summed E-state index contributed by atoms with van der Waals surface area (Å²) in [5, 5.41) is 12.4. The molecule has 20 heavy (non-hydrogen) atoms. The Balaban J connectivity index is 2.00. The number of amides is 2. The molecule has 3 atom stereocenters. The molecule has 1 aromatic rings. The molecule has 1 aliphatic heterocycles. The maximum atomic E-state index is 12.3. The zero-order valence-corrected chi connectivity index (χ0v) is 12.5. The lowest BCUT2D eigenvalue weighted by Gasteiger charge is -2.37. The monoisotopic (exact) mass is 276 g/mol. The fourth-order valence-electron chi connectivity index (χ4n) is 2.66. The molecule has 0 bridgehead atoms. The van der Waals surface area contributed by atoms with Crippen molar-refractivity contribution in [1.82, 2.24) is 4.90 Å². The fourth-order valence-corrected chi connectivity index (χ4v) is 2.66. The van der Waals surface area contributed by atoms with Crippen molar-refractivity contribution in [1.29, 1.82) is 0 Å². The van der Waals surface area contributed by atoms with Crippen molar-refractivity contribution < 1.29 is 9.90 Å². The molecule has 0 spiro atoms. The highest BCUT2D eigenvalue weighted by atomic mass is 16.3. The molecule has 0 radical (unpaired) electrons. The van der Waals surface area contributed by atoms with Crippen molar-refractivity contribution in [3.05, 3.63) is 29.8 Å². The van der Waals surface area contributed by atoms with Gasteiger partial charge in [-0.25, -0.2) is 4.79 Å². The van der Waals surface area contributed by atoms with Crippen LogP contribution in [0.1, 0.15) is 45.3 Å². The number of likely N-dealkylation sites (tertiary alicyclic amines) is 1. The number of anilines is 1. The molecule has 1 heterocycles. The number of carbonyl (C=O) groups excluding carboxylic acids is 1. The summed E-state index contributed by atoms with van der Waals surface area (Å²) in [6, 6.07) is 7.58. The van der Waals surface area contributed by atoms with E-state index in [0.29, 0.717) is 5.92 Å². The summed E-state index contributed by atoms with van der Waals surface area (Å²) in [5.41, 5.74) is 1.62. The highest BCUT2D eigenvalue weighted by Gasteiger charge is 2.28. The molecule has 4 nitrogen and oxygen atoms in total. The minimum Gasteiger partial charge on any atom is -0.389 e. The summed E-state index contributed by atoms with van der Waals surface area (Å²) >= 11 is 0. The largest absolute Gasteiger partial charge is 0.389 e. The molecular weight excluding hydrogens is 252 g/mol. The van der Waals surface area contributed by atoms with E-state index in [1.807, 2.05) is 29.2 Å². The Kier molecular flexibility index (Phi) is 4.65. The van der Waals surface area contributed by atoms with Gasteiger partial charge in [-0.15, -0.1) is 0 Å². The number of hydrogen-bond donors (Lipinski definition) is 2. The first kappa shape index (κ1) is 14.9. The third-order valence-corrected chi connectivity index (χ3v) is 4.28. The zero-order chi connectivity index (χ0) is 14.7. The molecule has 110 valence electrons. The van der Waals surface area contributed by atoms with Gasteiger partial charge in [-0.05, 0) is 50.3 Å². The van der Waals surface area contributed by atoms with Gasteiger partial charge in [0, 0.05) is 18.3 Å². The van der Waals surface area contributed by atoms with Crippen LogP contribution in [0.3, 0.4) is 0 Å². The number of carbonyl (C=O) groups is 1. The number of hydrogen-bond acceptors (Lipinski definition) is 2. The molecule has 1 aromatic carbocycles. The van der Waals surface area contributed by atoms with Gasteiger partial charge in [-0.1, -0.05) is 19.1 Å². The van der Waals surface area contributed by atoms with Crippen molar-refractivity contribution >= 4 is 11.7 Å². The molecule has 0 aliphatic carbocycles. The van der Waals surface area contributed by atoms with Crippen molar-refractivity contribution in [2.45, 2.75) is 45.8 Å². The molecule has 3 unspecified atom stereocenters. The Morgan fingerprint density at radius 3 is 2.60 bits per heavy atom. The van der Waals surface area contributed by atoms with Crippen molar-refractivity contribution in [3.63, 3.8) is 0 Å². The number of nitrogens with one attached hydrogen (secondary N) is 1. The molecule has 0 saturated carbocycles. The van der Waals surface area contributed by atoms with Crippen LogP contribution in [0.4, 0.5) is 10.5 Å². The molecule has 4 heteroatoms. The fraction of sp³-hybridized carbons (Fsp3) is 0.562. The van der Waals surface area contributed by atoms with E-state index >= 15 is 0 Å². The van der Waals surface area contributed by atoms with Crippen LogP contribution in [0.2, 0.25) is 0 Å². The summed E-state index contributed by atoms with van der Waals surface area (Å²) < 4.78 is 0. The third-order valence-electron chi connectivity index (χ3n) is 4.28. The van der Waals surface area contributed by atoms with Crippen molar-refractivity contribution in [3.8, 4) is 0 Å². The maximum absolute atomic E-state index is 12.3. The van der Waals surface area contributed by atoms with Gasteiger partial charge in [0.1, 0.15) is 0 Å². The molecule has 1 fully saturated rings. The second kappa shape index (κ2) is 6.27. The average Bonchev–Trinajstić information content (AvgIpc) is 2.42. The second-order valence-electron chi connectivity index (χ2n) is 5.78. The van der Waals surface area contributed by atoms with Crippen LogP contribution in [-0.4, -0.2) is 28.6 Å². The number of urea groups is 1. The SMILES string of the molecule is CC(O)c1ccc(NC(=O)N2CCCC(C)C2C)cc1. The highest BCUT2D eigenvalue weighted by molar-refractivity contribution is 5.89. The summed E-state index contributed by atoms with van der Waals surface area (Å²) in [5.74, 6) is 0.548. The molecule has 2 rings (SSSR count). The Labute approximate surface area is 120 Å². The topological polar surface area (TPSA) is 52.6 Å². The van der Waals surface area contributed by atoms with E-state index in [1.165, 1.54) is 6.42 Å². The Bertz CT molecular complexity index is 456. The van der Waals surface area contributed by atoms with E-state index in [4.69, 9.17) is 0 Å². The number of piperidine rings is 1. The summed E-state index contributed by atoms with van der Waals surface area (Å²) in [4.78, 5) is 14.2. The zero-order valence-electron chi connectivity index (χ0n) is 12.5. The third kappa shape index (κ3) is 3.31. The minimum atomic E-state index is -0.484. The van der Waals surface area contributed by atoms with Crippen LogP contribution < -0.4 is 5.32 Å². The normalized spacial score (nSPS) is 24.3. The lowest BCUT2D eigenvalue weighted by Crippen LogP contribution is -2.47. The highest BCUT2D eigenvalue weighted by Crippen LogP contribution is 2.24. The Hall–Kier alpha value is -1.55. The first-order chi connectivity index (χ1) is 9.49. The van der Waals surface area contributed by atoms with Gasteiger partial charge in [-0.2, -0.15) is 0 Å². The summed E-state index contributed by atoms with van der Waals surface area (Å²) in [7, 11) is 0. The first-order valence-corrected chi connectivity index (χ1v) is 7.34. The molecule has 0 aromatic heterocycles. The van der Waals surface area contributed by atoms with Crippen LogP contribution in [0, 0.1) is 5.92 Å². The number of nitrogens with zero attached hydrogens (tertiary/aromatic N) is 1. The number of rotatable bonds is 2. The van der Waals surface area contributed by atoms with Gasteiger partial charge in [-0.3, -0.25) is 0 Å².